The minimum absolute atomic E-state index is 0.0276. The zero-order valence-corrected chi connectivity index (χ0v) is 18.2. The van der Waals surface area contributed by atoms with Crippen LogP contribution in [0.5, 0.6) is 5.75 Å². The van der Waals surface area contributed by atoms with Crippen molar-refractivity contribution in [2.24, 2.45) is 11.8 Å². The molecule has 2 heterocycles. The van der Waals surface area contributed by atoms with Gasteiger partial charge in [0.05, 0.1) is 7.11 Å². The molecule has 1 saturated heterocycles. The van der Waals surface area contributed by atoms with Gasteiger partial charge in [0, 0.05) is 37.8 Å². The lowest BCUT2D eigenvalue weighted by atomic mass is 9.81. The number of rotatable bonds is 7. The van der Waals surface area contributed by atoms with Crippen molar-refractivity contribution in [3.63, 3.8) is 0 Å². The van der Waals surface area contributed by atoms with Gasteiger partial charge in [0.25, 0.3) is 5.91 Å². The Bertz CT molecular complexity index is 872. The topological polar surface area (TPSA) is 71.5 Å². The SMILES string of the molecule is CC[C@H]1CN(C(=O)c2ccnc(Cl)c2)CC[C@H]1CC(=O)NCc1ccc(OC)cc1. The predicted molar refractivity (Wildman–Crippen MR) is 116 cm³/mol. The van der Waals surface area contributed by atoms with E-state index in [0.717, 1.165) is 24.2 Å². The molecule has 1 aromatic heterocycles. The van der Waals surface area contributed by atoms with E-state index >= 15 is 0 Å². The van der Waals surface area contributed by atoms with Crippen LogP contribution in [0.3, 0.4) is 0 Å². The number of amides is 2. The van der Waals surface area contributed by atoms with Crippen molar-refractivity contribution in [1.82, 2.24) is 15.2 Å². The number of piperidine rings is 1. The standard InChI is InChI=1S/C23H28ClN3O3/c1-3-17-15-27(23(29)19-8-10-25-21(24)12-19)11-9-18(17)13-22(28)26-14-16-4-6-20(30-2)7-5-16/h4-8,10,12,17-18H,3,9,11,13-15H2,1-2H3,(H,26,28)/t17-,18-/m0/s1. The molecule has 2 aromatic rings. The second-order valence-corrected chi connectivity index (χ2v) is 8.05. The third kappa shape index (κ3) is 5.72. The van der Waals surface area contributed by atoms with Gasteiger partial charge in [-0.1, -0.05) is 37.1 Å². The van der Waals surface area contributed by atoms with Crippen LogP contribution < -0.4 is 10.1 Å². The molecule has 1 aliphatic rings. The summed E-state index contributed by atoms with van der Waals surface area (Å²) >= 11 is 5.92. The highest BCUT2D eigenvalue weighted by Gasteiger charge is 2.32. The van der Waals surface area contributed by atoms with Crippen LogP contribution in [-0.2, 0) is 11.3 Å². The first-order chi connectivity index (χ1) is 14.5. The molecule has 0 aliphatic carbocycles. The highest BCUT2D eigenvalue weighted by Crippen LogP contribution is 2.30. The molecule has 1 N–H and O–H groups in total. The number of benzene rings is 1. The number of hydrogen-bond acceptors (Lipinski definition) is 4. The van der Waals surface area contributed by atoms with Crippen LogP contribution in [0.1, 0.15) is 42.1 Å². The molecule has 0 spiro atoms. The van der Waals surface area contributed by atoms with Crippen molar-refractivity contribution in [2.45, 2.75) is 32.7 Å². The van der Waals surface area contributed by atoms with Gasteiger partial charge in [-0.05, 0) is 48.1 Å². The number of carbonyl (C=O) groups excluding carboxylic acids is 2. The molecule has 0 unspecified atom stereocenters. The van der Waals surface area contributed by atoms with E-state index in [1.807, 2.05) is 29.2 Å². The smallest absolute Gasteiger partial charge is 0.254 e. The molecule has 1 fully saturated rings. The van der Waals surface area contributed by atoms with Crippen molar-refractivity contribution in [3.05, 3.63) is 58.9 Å². The van der Waals surface area contributed by atoms with Gasteiger partial charge < -0.3 is 15.0 Å². The average Bonchev–Trinajstić information content (AvgIpc) is 2.77. The zero-order chi connectivity index (χ0) is 21.5. The van der Waals surface area contributed by atoms with Gasteiger partial charge in [-0.25, -0.2) is 4.98 Å². The summed E-state index contributed by atoms with van der Waals surface area (Å²) in [6.45, 7) is 3.92. The summed E-state index contributed by atoms with van der Waals surface area (Å²) in [4.78, 5) is 31.1. The maximum absolute atomic E-state index is 12.8. The largest absolute Gasteiger partial charge is 0.497 e. The van der Waals surface area contributed by atoms with E-state index in [4.69, 9.17) is 16.3 Å². The summed E-state index contributed by atoms with van der Waals surface area (Å²) in [5, 5.41) is 3.33. The lowest BCUT2D eigenvalue weighted by Crippen LogP contribution is -2.44. The van der Waals surface area contributed by atoms with Crippen LogP contribution in [-0.4, -0.2) is 41.9 Å². The fraction of sp³-hybridized carbons (Fsp3) is 0.435. The van der Waals surface area contributed by atoms with Gasteiger partial charge in [-0.3, -0.25) is 9.59 Å². The number of hydrogen-bond donors (Lipinski definition) is 1. The Morgan fingerprint density at radius 3 is 2.67 bits per heavy atom. The van der Waals surface area contributed by atoms with Crippen LogP contribution in [0.4, 0.5) is 0 Å². The van der Waals surface area contributed by atoms with Gasteiger partial charge in [-0.15, -0.1) is 0 Å². The highest BCUT2D eigenvalue weighted by atomic mass is 35.5. The van der Waals surface area contributed by atoms with E-state index in [0.29, 0.717) is 42.7 Å². The number of nitrogens with one attached hydrogen (secondary N) is 1. The van der Waals surface area contributed by atoms with Gasteiger partial charge in [0.2, 0.25) is 5.91 Å². The third-order valence-electron chi connectivity index (χ3n) is 5.77. The van der Waals surface area contributed by atoms with Crippen molar-refractivity contribution >= 4 is 23.4 Å². The second-order valence-electron chi connectivity index (χ2n) is 7.66. The third-order valence-corrected chi connectivity index (χ3v) is 5.98. The fourth-order valence-corrected chi connectivity index (χ4v) is 4.14. The number of pyridine rings is 1. The highest BCUT2D eigenvalue weighted by molar-refractivity contribution is 6.29. The van der Waals surface area contributed by atoms with Crippen molar-refractivity contribution < 1.29 is 14.3 Å². The van der Waals surface area contributed by atoms with Gasteiger partial charge in [0.1, 0.15) is 10.9 Å². The first-order valence-electron chi connectivity index (χ1n) is 10.3. The number of halogens is 1. The number of carbonyl (C=O) groups is 2. The molecular weight excluding hydrogens is 402 g/mol. The van der Waals surface area contributed by atoms with E-state index in [1.54, 1.807) is 25.4 Å². The number of methoxy groups -OCH3 is 1. The first-order valence-corrected chi connectivity index (χ1v) is 10.7. The van der Waals surface area contributed by atoms with E-state index in [2.05, 4.69) is 17.2 Å². The molecule has 7 heteroatoms. The summed E-state index contributed by atoms with van der Waals surface area (Å²) in [6.07, 6.45) is 3.78. The predicted octanol–water partition coefficient (Wildman–Crippen LogP) is 3.94. The maximum Gasteiger partial charge on any atom is 0.254 e. The molecule has 1 aromatic carbocycles. The Morgan fingerprint density at radius 2 is 2.00 bits per heavy atom. The van der Waals surface area contributed by atoms with Gasteiger partial charge >= 0.3 is 0 Å². The Morgan fingerprint density at radius 1 is 1.23 bits per heavy atom. The van der Waals surface area contributed by atoms with Crippen molar-refractivity contribution in [1.29, 1.82) is 0 Å². The van der Waals surface area contributed by atoms with Gasteiger partial charge in [-0.2, -0.15) is 0 Å². The van der Waals surface area contributed by atoms with E-state index < -0.39 is 0 Å². The summed E-state index contributed by atoms with van der Waals surface area (Å²) in [7, 11) is 1.63. The second kappa shape index (κ2) is 10.4. The van der Waals surface area contributed by atoms with Crippen molar-refractivity contribution in [2.75, 3.05) is 20.2 Å². The minimum atomic E-state index is -0.0276. The van der Waals surface area contributed by atoms with E-state index in [-0.39, 0.29) is 17.7 Å². The van der Waals surface area contributed by atoms with Crippen LogP contribution >= 0.6 is 11.6 Å². The van der Waals surface area contributed by atoms with Crippen LogP contribution in [0.2, 0.25) is 5.15 Å². The Balaban J connectivity index is 1.52. The molecule has 2 atom stereocenters. The Hall–Kier alpha value is -2.60. The molecule has 1 aliphatic heterocycles. The maximum atomic E-state index is 12.8. The number of ether oxygens (including phenoxy) is 1. The molecule has 30 heavy (non-hydrogen) atoms. The van der Waals surface area contributed by atoms with E-state index in [9.17, 15) is 9.59 Å². The lowest BCUT2D eigenvalue weighted by Gasteiger charge is -2.38. The summed E-state index contributed by atoms with van der Waals surface area (Å²) in [5.74, 6) is 1.39. The Labute approximate surface area is 182 Å². The molecule has 2 amide bonds. The zero-order valence-electron chi connectivity index (χ0n) is 17.4. The van der Waals surface area contributed by atoms with Crippen molar-refractivity contribution in [3.8, 4) is 5.75 Å². The molecular formula is C23H28ClN3O3. The molecule has 3 rings (SSSR count). The average molecular weight is 430 g/mol. The molecule has 0 saturated carbocycles. The Kier molecular flexibility index (Phi) is 7.69. The first kappa shape index (κ1) is 22.1. The molecule has 6 nitrogen and oxygen atoms in total. The minimum Gasteiger partial charge on any atom is -0.497 e. The molecule has 160 valence electrons. The number of aromatic nitrogens is 1. The van der Waals surface area contributed by atoms with Crippen LogP contribution in [0, 0.1) is 11.8 Å². The summed E-state index contributed by atoms with van der Waals surface area (Å²) in [5.41, 5.74) is 1.59. The monoisotopic (exact) mass is 429 g/mol. The summed E-state index contributed by atoms with van der Waals surface area (Å²) < 4.78 is 5.15. The molecule has 0 bridgehead atoms. The summed E-state index contributed by atoms with van der Waals surface area (Å²) in [6, 6.07) is 11.0. The van der Waals surface area contributed by atoms with Gasteiger partial charge in [0.15, 0.2) is 0 Å². The fourth-order valence-electron chi connectivity index (χ4n) is 3.97. The van der Waals surface area contributed by atoms with Crippen LogP contribution in [0.15, 0.2) is 42.6 Å². The van der Waals surface area contributed by atoms with E-state index in [1.165, 1.54) is 0 Å². The number of likely N-dealkylation sites (tertiary alicyclic amines) is 1. The quantitative estimate of drug-likeness (QED) is 0.677. The normalized spacial score (nSPS) is 18.7. The lowest BCUT2D eigenvalue weighted by molar-refractivity contribution is -0.123. The van der Waals surface area contributed by atoms with Crippen LogP contribution in [0.25, 0.3) is 0 Å². The number of nitrogens with zero attached hydrogens (tertiary/aromatic N) is 2. The molecule has 0 radical (unpaired) electrons.